The van der Waals surface area contributed by atoms with Crippen LogP contribution in [0.5, 0.6) is 0 Å². The molecule has 0 aliphatic carbocycles. The van der Waals surface area contributed by atoms with Gasteiger partial charge in [-0.05, 0) is 26.6 Å². The van der Waals surface area contributed by atoms with Gasteiger partial charge in [-0.2, -0.15) is 0 Å². The second kappa shape index (κ2) is 5.03. The lowest BCUT2D eigenvalue weighted by molar-refractivity contribution is 0.147. The van der Waals surface area contributed by atoms with Gasteiger partial charge in [0.1, 0.15) is 0 Å². The van der Waals surface area contributed by atoms with Crippen LogP contribution in [0.15, 0.2) is 24.2 Å². The summed E-state index contributed by atoms with van der Waals surface area (Å²) in [5.74, 6) is 0.604. The lowest BCUT2D eigenvalue weighted by Gasteiger charge is -2.19. The highest BCUT2D eigenvalue weighted by molar-refractivity contribution is 6.69. The van der Waals surface area contributed by atoms with Gasteiger partial charge in [0.05, 0.1) is 7.11 Å². The summed E-state index contributed by atoms with van der Waals surface area (Å²) in [6.07, 6.45) is 5.67. The van der Waals surface area contributed by atoms with E-state index in [1.54, 1.807) is 7.11 Å². The van der Waals surface area contributed by atoms with E-state index >= 15 is 0 Å². The smallest absolute Gasteiger partial charge is 0.264 e. The van der Waals surface area contributed by atoms with Crippen molar-refractivity contribution < 1.29 is 9.16 Å². The van der Waals surface area contributed by atoms with Gasteiger partial charge in [0, 0.05) is 6.08 Å². The molecular weight excluding hydrogens is 168 g/mol. The monoisotopic (exact) mass is 186 g/mol. The van der Waals surface area contributed by atoms with Gasteiger partial charge in [-0.3, -0.25) is 0 Å². The third-order valence-electron chi connectivity index (χ3n) is 1.03. The van der Waals surface area contributed by atoms with Crippen LogP contribution < -0.4 is 0 Å². The molecule has 0 saturated heterocycles. The minimum Gasteiger partial charge on any atom is -0.520 e. The molecule has 0 aromatic heterocycles. The molecule has 0 rings (SSSR count). The molecule has 0 bridgehead atoms. The van der Waals surface area contributed by atoms with Crippen LogP contribution in [0, 0.1) is 0 Å². The Bertz CT molecular complexity index is 177. The molecular formula is C9H18O2Si. The third-order valence-corrected chi connectivity index (χ3v) is 1.85. The van der Waals surface area contributed by atoms with Crippen LogP contribution in [0.3, 0.4) is 0 Å². The van der Waals surface area contributed by atoms with Gasteiger partial charge in [0.2, 0.25) is 8.32 Å². The minimum atomic E-state index is -1.52. The van der Waals surface area contributed by atoms with Crippen LogP contribution in [0.4, 0.5) is 0 Å². The molecule has 0 radical (unpaired) electrons. The first-order valence-electron chi connectivity index (χ1n) is 4.05. The molecule has 0 spiro atoms. The summed E-state index contributed by atoms with van der Waals surface area (Å²) < 4.78 is 10.7. The maximum Gasteiger partial charge on any atom is 0.264 e. The fourth-order valence-electron chi connectivity index (χ4n) is 0.620. The molecule has 2 nitrogen and oxygen atoms in total. The highest BCUT2D eigenvalue weighted by atomic mass is 28.4. The minimum absolute atomic E-state index is 0.604. The third kappa shape index (κ3) is 6.04. The van der Waals surface area contributed by atoms with Crippen molar-refractivity contribution in [3.05, 3.63) is 24.2 Å². The Labute approximate surface area is 76.0 Å². The number of rotatable bonds is 4. The predicted molar refractivity (Wildman–Crippen MR) is 54.3 cm³/mol. The second-order valence-electron chi connectivity index (χ2n) is 3.43. The van der Waals surface area contributed by atoms with E-state index < -0.39 is 8.32 Å². The van der Waals surface area contributed by atoms with Crippen molar-refractivity contribution >= 4 is 8.32 Å². The van der Waals surface area contributed by atoms with Crippen molar-refractivity contribution in [3.8, 4) is 0 Å². The van der Waals surface area contributed by atoms with E-state index in [1.807, 2.05) is 25.2 Å². The predicted octanol–water partition coefficient (Wildman–Crippen LogP) is 2.90. The molecule has 0 atom stereocenters. The Balaban J connectivity index is 4.18. The molecule has 0 aliphatic rings. The summed E-state index contributed by atoms with van der Waals surface area (Å²) in [7, 11) is 0.102. The van der Waals surface area contributed by atoms with Crippen molar-refractivity contribution in [1.29, 1.82) is 0 Å². The first-order chi connectivity index (χ1) is 5.49. The van der Waals surface area contributed by atoms with E-state index in [9.17, 15) is 0 Å². The van der Waals surface area contributed by atoms with Gasteiger partial charge < -0.3 is 9.16 Å². The van der Waals surface area contributed by atoms with Crippen molar-refractivity contribution in [1.82, 2.24) is 0 Å². The molecule has 70 valence electrons. The summed E-state index contributed by atoms with van der Waals surface area (Å²) >= 11 is 0. The molecule has 3 heteroatoms. The zero-order valence-corrected chi connectivity index (χ0v) is 9.55. The number of ether oxygens (including phenoxy) is 1. The molecule has 0 aromatic carbocycles. The summed E-state index contributed by atoms with van der Waals surface area (Å²) in [6.45, 7) is 8.32. The Morgan fingerprint density at radius 1 is 1.25 bits per heavy atom. The number of allylic oxidation sites excluding steroid dienone is 3. The maximum atomic E-state index is 5.62. The van der Waals surface area contributed by atoms with Gasteiger partial charge >= 0.3 is 0 Å². The van der Waals surface area contributed by atoms with Crippen LogP contribution in [-0.4, -0.2) is 15.4 Å². The van der Waals surface area contributed by atoms with Gasteiger partial charge in [0.25, 0.3) is 5.95 Å². The topological polar surface area (TPSA) is 18.5 Å². The van der Waals surface area contributed by atoms with Crippen molar-refractivity contribution in [2.24, 2.45) is 0 Å². The van der Waals surface area contributed by atoms with E-state index in [2.05, 4.69) is 19.6 Å². The average Bonchev–Trinajstić information content (AvgIpc) is 1.95. The highest BCUT2D eigenvalue weighted by Gasteiger charge is 2.17. The highest BCUT2D eigenvalue weighted by Crippen LogP contribution is 2.10. The van der Waals surface area contributed by atoms with E-state index in [1.165, 1.54) is 0 Å². The summed E-state index contributed by atoms with van der Waals surface area (Å²) in [5.41, 5.74) is 0. The van der Waals surface area contributed by atoms with Crippen LogP contribution in [-0.2, 0) is 9.16 Å². The fraction of sp³-hybridized carbons (Fsp3) is 0.556. The number of methoxy groups -OCH3 is 1. The van der Waals surface area contributed by atoms with Crippen LogP contribution >= 0.6 is 0 Å². The SMILES string of the molecule is C/C=C\C=C(\OC)O[Si](C)(C)C. The molecule has 0 aromatic rings. The lowest BCUT2D eigenvalue weighted by atomic mass is 10.5. The normalized spacial score (nSPS) is 13.6. The Morgan fingerprint density at radius 3 is 2.17 bits per heavy atom. The molecule has 0 saturated carbocycles. The average molecular weight is 186 g/mol. The van der Waals surface area contributed by atoms with Gasteiger partial charge in [-0.1, -0.05) is 12.2 Å². The van der Waals surface area contributed by atoms with Crippen LogP contribution in [0.2, 0.25) is 19.6 Å². The Hall–Kier alpha value is -0.703. The van der Waals surface area contributed by atoms with E-state index in [4.69, 9.17) is 9.16 Å². The van der Waals surface area contributed by atoms with Gasteiger partial charge in [-0.15, -0.1) is 0 Å². The molecule has 0 aliphatic heterocycles. The van der Waals surface area contributed by atoms with Crippen LogP contribution in [0.1, 0.15) is 6.92 Å². The zero-order valence-electron chi connectivity index (χ0n) is 8.55. The lowest BCUT2D eigenvalue weighted by Crippen LogP contribution is -2.25. The van der Waals surface area contributed by atoms with Crippen molar-refractivity contribution in [3.63, 3.8) is 0 Å². The van der Waals surface area contributed by atoms with E-state index in [-0.39, 0.29) is 0 Å². The van der Waals surface area contributed by atoms with Crippen molar-refractivity contribution in [2.45, 2.75) is 26.6 Å². The molecule has 0 amide bonds. The fourth-order valence-corrected chi connectivity index (χ4v) is 1.38. The molecule has 0 fully saturated rings. The summed E-state index contributed by atoms with van der Waals surface area (Å²) in [5, 5.41) is 0. The first kappa shape index (κ1) is 11.3. The van der Waals surface area contributed by atoms with Gasteiger partial charge in [-0.25, -0.2) is 0 Å². The first-order valence-corrected chi connectivity index (χ1v) is 7.46. The molecule has 0 unspecified atom stereocenters. The molecule has 12 heavy (non-hydrogen) atoms. The standard InChI is InChI=1S/C9H18O2Si/c1-6-7-8-9(10-2)11-12(3,4)5/h6-8H,1-5H3/b7-6-,9-8-. The number of hydrogen-bond donors (Lipinski definition) is 0. The largest absolute Gasteiger partial charge is 0.520 e. The molecule has 0 heterocycles. The van der Waals surface area contributed by atoms with Crippen LogP contribution in [0.25, 0.3) is 0 Å². The zero-order chi connectivity index (χ0) is 9.61. The van der Waals surface area contributed by atoms with Gasteiger partial charge in [0.15, 0.2) is 0 Å². The Kier molecular flexibility index (Phi) is 4.74. The number of hydrogen-bond acceptors (Lipinski definition) is 2. The van der Waals surface area contributed by atoms with E-state index in [0.717, 1.165) is 0 Å². The summed E-state index contributed by atoms with van der Waals surface area (Å²) in [4.78, 5) is 0. The second-order valence-corrected chi connectivity index (χ2v) is 7.86. The molecule has 0 N–H and O–H groups in total. The van der Waals surface area contributed by atoms with Crippen molar-refractivity contribution in [2.75, 3.05) is 7.11 Å². The Morgan fingerprint density at radius 2 is 1.83 bits per heavy atom. The summed E-state index contributed by atoms with van der Waals surface area (Å²) in [6, 6.07) is 0. The van der Waals surface area contributed by atoms with E-state index in [0.29, 0.717) is 5.95 Å². The quantitative estimate of drug-likeness (QED) is 0.382. The maximum absolute atomic E-state index is 5.62.